The number of para-hydroxylation sites is 1. The van der Waals surface area contributed by atoms with Crippen LogP contribution in [-0.2, 0) is 4.89 Å². The van der Waals surface area contributed by atoms with Gasteiger partial charge in [0, 0.05) is 0 Å². The van der Waals surface area contributed by atoms with Crippen molar-refractivity contribution >= 4 is 11.4 Å². The highest BCUT2D eigenvalue weighted by atomic mass is 17.1. The van der Waals surface area contributed by atoms with E-state index in [1.165, 1.54) is 0 Å². The fourth-order valence-electron chi connectivity index (χ4n) is 0.969. The van der Waals surface area contributed by atoms with Gasteiger partial charge < -0.3 is 0 Å². The molecule has 4 heteroatoms. The Morgan fingerprint density at radius 3 is 2.47 bits per heavy atom. The number of hydrogen-bond donors (Lipinski definition) is 1. The molecule has 0 aliphatic carbocycles. The summed E-state index contributed by atoms with van der Waals surface area (Å²) in [5.74, 6) is 0. The van der Waals surface area contributed by atoms with Gasteiger partial charge in [0.2, 0.25) is 0 Å². The molecule has 0 fully saturated rings. The first kappa shape index (κ1) is 11.4. The lowest BCUT2D eigenvalue weighted by Crippen LogP contribution is -2.32. The molecular formula is C11H12N2O2. The third-order valence-corrected chi connectivity index (χ3v) is 1.90. The van der Waals surface area contributed by atoms with Crippen LogP contribution in [0.3, 0.4) is 0 Å². The number of aliphatic imine (C=N–C) groups is 1. The maximum atomic E-state index is 8.88. The molecule has 1 N–H and O–H groups in total. The Bertz CT molecular complexity index is 391. The second-order valence-corrected chi connectivity index (χ2v) is 3.51. The van der Waals surface area contributed by atoms with E-state index in [0.29, 0.717) is 5.69 Å². The molecule has 0 saturated carbocycles. The quantitative estimate of drug-likeness (QED) is 0.467. The van der Waals surface area contributed by atoms with Gasteiger partial charge in [0.25, 0.3) is 0 Å². The lowest BCUT2D eigenvalue weighted by molar-refractivity contribution is -0.289. The molecule has 15 heavy (non-hydrogen) atoms. The topological polar surface area (TPSA) is 65.6 Å². The molecule has 0 aliphatic rings. The van der Waals surface area contributed by atoms with E-state index in [4.69, 9.17) is 10.5 Å². The lowest BCUT2D eigenvalue weighted by Gasteiger charge is -2.17. The summed E-state index contributed by atoms with van der Waals surface area (Å²) in [5, 5.41) is 17.5. The summed E-state index contributed by atoms with van der Waals surface area (Å²) in [5.41, 5.74) is -0.319. The molecule has 0 atom stereocenters. The molecule has 0 saturated heterocycles. The number of benzene rings is 1. The minimum atomic E-state index is -1.09. The van der Waals surface area contributed by atoms with Crippen molar-refractivity contribution in [1.29, 1.82) is 5.26 Å². The van der Waals surface area contributed by atoms with Crippen molar-refractivity contribution in [2.75, 3.05) is 0 Å². The van der Waals surface area contributed by atoms with Crippen molar-refractivity contribution in [3.63, 3.8) is 0 Å². The molecule has 0 unspecified atom stereocenters. The zero-order valence-corrected chi connectivity index (χ0v) is 8.64. The molecule has 0 heterocycles. The molecule has 78 valence electrons. The Balaban J connectivity index is 3.05. The highest BCUT2D eigenvalue weighted by Gasteiger charge is 2.26. The standard InChI is InChI=1S/C11H12N2O2/c1-11(2,15-14)10(8-12)13-9-6-4-3-5-7-9/h3-7,14H,1-2H3. The van der Waals surface area contributed by atoms with Crippen LogP contribution >= 0.6 is 0 Å². The van der Waals surface area contributed by atoms with Gasteiger partial charge in [-0.25, -0.2) is 9.88 Å². The van der Waals surface area contributed by atoms with Gasteiger partial charge in [0.1, 0.15) is 11.7 Å². The van der Waals surface area contributed by atoms with E-state index in [9.17, 15) is 0 Å². The number of nitrogens with zero attached hydrogens (tertiary/aromatic N) is 2. The molecule has 1 aromatic rings. The monoisotopic (exact) mass is 204 g/mol. The van der Waals surface area contributed by atoms with Gasteiger partial charge in [-0.3, -0.25) is 5.26 Å². The average Bonchev–Trinajstić information content (AvgIpc) is 2.27. The lowest BCUT2D eigenvalue weighted by atomic mass is 10.0. The molecular weight excluding hydrogens is 192 g/mol. The van der Waals surface area contributed by atoms with E-state index in [2.05, 4.69) is 9.88 Å². The molecule has 0 bridgehead atoms. The van der Waals surface area contributed by atoms with E-state index in [-0.39, 0.29) is 5.71 Å². The summed E-state index contributed by atoms with van der Waals surface area (Å²) in [6.07, 6.45) is 0. The van der Waals surface area contributed by atoms with Gasteiger partial charge in [-0.05, 0) is 26.0 Å². The smallest absolute Gasteiger partial charge is 0.152 e. The Kier molecular flexibility index (Phi) is 3.56. The Morgan fingerprint density at radius 1 is 1.40 bits per heavy atom. The van der Waals surface area contributed by atoms with Crippen LogP contribution in [0.2, 0.25) is 0 Å². The Morgan fingerprint density at radius 2 is 2.00 bits per heavy atom. The molecule has 0 radical (unpaired) electrons. The van der Waals surface area contributed by atoms with Gasteiger partial charge in [-0.2, -0.15) is 5.26 Å². The molecule has 0 aliphatic heterocycles. The van der Waals surface area contributed by atoms with Crippen LogP contribution < -0.4 is 0 Å². The summed E-state index contributed by atoms with van der Waals surface area (Å²) >= 11 is 0. The largest absolute Gasteiger partial charge is 0.251 e. The van der Waals surface area contributed by atoms with Gasteiger partial charge >= 0.3 is 0 Å². The van der Waals surface area contributed by atoms with Crippen LogP contribution in [-0.4, -0.2) is 16.6 Å². The zero-order valence-electron chi connectivity index (χ0n) is 8.64. The van der Waals surface area contributed by atoms with Crippen LogP contribution in [0.15, 0.2) is 35.3 Å². The summed E-state index contributed by atoms with van der Waals surface area (Å²) in [6, 6.07) is 10.9. The van der Waals surface area contributed by atoms with Crippen molar-refractivity contribution in [3.8, 4) is 6.07 Å². The normalized spacial score (nSPS) is 12.3. The van der Waals surface area contributed by atoms with Gasteiger partial charge in [-0.1, -0.05) is 18.2 Å². The molecule has 1 aromatic carbocycles. The number of nitriles is 1. The van der Waals surface area contributed by atoms with Crippen molar-refractivity contribution < 1.29 is 10.1 Å². The zero-order chi connectivity index (χ0) is 11.3. The van der Waals surface area contributed by atoms with E-state index >= 15 is 0 Å². The SMILES string of the molecule is CC(C)(OO)C(C#N)=Nc1ccccc1. The van der Waals surface area contributed by atoms with Crippen LogP contribution in [0.5, 0.6) is 0 Å². The van der Waals surface area contributed by atoms with Crippen LogP contribution in [0.1, 0.15) is 13.8 Å². The minimum Gasteiger partial charge on any atom is -0.251 e. The molecule has 4 nitrogen and oxygen atoms in total. The van der Waals surface area contributed by atoms with Crippen molar-refractivity contribution in [1.82, 2.24) is 0 Å². The predicted molar refractivity (Wildman–Crippen MR) is 56.9 cm³/mol. The van der Waals surface area contributed by atoms with Crippen LogP contribution in [0.4, 0.5) is 5.69 Å². The first-order valence-electron chi connectivity index (χ1n) is 4.47. The molecule has 0 aromatic heterocycles. The second-order valence-electron chi connectivity index (χ2n) is 3.51. The Labute approximate surface area is 88.4 Å². The molecule has 0 spiro atoms. The van der Waals surface area contributed by atoms with Crippen LogP contribution in [0.25, 0.3) is 0 Å². The molecule has 0 amide bonds. The summed E-state index contributed by atoms with van der Waals surface area (Å²) < 4.78 is 0. The second kappa shape index (κ2) is 4.69. The van der Waals surface area contributed by atoms with Crippen molar-refractivity contribution in [2.45, 2.75) is 19.4 Å². The minimum absolute atomic E-state index is 0.121. The summed E-state index contributed by atoms with van der Waals surface area (Å²) in [6.45, 7) is 3.13. The number of rotatable bonds is 3. The number of hydrogen-bond acceptors (Lipinski definition) is 4. The predicted octanol–water partition coefficient (Wildman–Crippen LogP) is 2.55. The van der Waals surface area contributed by atoms with Crippen LogP contribution in [0, 0.1) is 11.3 Å². The average molecular weight is 204 g/mol. The first-order chi connectivity index (χ1) is 7.10. The third kappa shape index (κ3) is 2.88. The fraction of sp³-hybridized carbons (Fsp3) is 0.273. The third-order valence-electron chi connectivity index (χ3n) is 1.90. The van der Waals surface area contributed by atoms with E-state index in [1.54, 1.807) is 26.0 Å². The van der Waals surface area contributed by atoms with Crippen molar-refractivity contribution in [2.24, 2.45) is 4.99 Å². The first-order valence-corrected chi connectivity index (χ1v) is 4.47. The highest BCUT2D eigenvalue weighted by molar-refractivity contribution is 6.05. The van der Waals surface area contributed by atoms with E-state index in [0.717, 1.165) is 0 Å². The van der Waals surface area contributed by atoms with E-state index in [1.807, 2.05) is 24.3 Å². The summed E-state index contributed by atoms with van der Waals surface area (Å²) in [7, 11) is 0. The Hall–Kier alpha value is -1.70. The van der Waals surface area contributed by atoms with Crippen molar-refractivity contribution in [3.05, 3.63) is 30.3 Å². The fourth-order valence-corrected chi connectivity index (χ4v) is 0.969. The van der Waals surface area contributed by atoms with Gasteiger partial charge in [0.05, 0.1) is 5.69 Å². The maximum absolute atomic E-state index is 8.88. The van der Waals surface area contributed by atoms with Gasteiger partial charge in [0.15, 0.2) is 5.71 Å². The van der Waals surface area contributed by atoms with Gasteiger partial charge in [-0.15, -0.1) is 0 Å². The molecule has 1 rings (SSSR count). The van der Waals surface area contributed by atoms with E-state index < -0.39 is 5.60 Å². The summed E-state index contributed by atoms with van der Waals surface area (Å²) in [4.78, 5) is 8.30. The maximum Gasteiger partial charge on any atom is 0.152 e. The highest BCUT2D eigenvalue weighted by Crippen LogP contribution is 2.16.